The largest absolute Gasteiger partial charge is 0.371 e. The summed E-state index contributed by atoms with van der Waals surface area (Å²) < 4.78 is 6.63. The maximum Gasteiger partial charge on any atom is 0.227 e. The first kappa shape index (κ1) is 27.7. The molecular weight excluding hydrogens is 454 g/mol. The van der Waals surface area contributed by atoms with Crippen LogP contribution in [0.5, 0.6) is 0 Å². The molecule has 0 aliphatic carbocycles. The first-order chi connectivity index (χ1) is 17.4. The summed E-state index contributed by atoms with van der Waals surface area (Å²) >= 11 is 0. The Balaban J connectivity index is 1.45. The van der Waals surface area contributed by atoms with E-state index in [-0.39, 0.29) is 41.5 Å². The number of fused-ring (bicyclic) bond motifs is 2. The number of nitriles is 1. The van der Waals surface area contributed by atoms with Crippen LogP contribution in [0.1, 0.15) is 65.2 Å². The van der Waals surface area contributed by atoms with Crippen molar-refractivity contribution >= 4 is 5.91 Å². The van der Waals surface area contributed by atoms with Crippen molar-refractivity contribution in [3.05, 3.63) is 0 Å². The molecule has 204 valence electrons. The second kappa shape index (κ2) is 12.5. The van der Waals surface area contributed by atoms with Gasteiger partial charge in [0.1, 0.15) is 0 Å². The van der Waals surface area contributed by atoms with Crippen molar-refractivity contribution in [1.82, 2.24) is 20.9 Å². The van der Waals surface area contributed by atoms with E-state index >= 15 is 0 Å². The highest BCUT2D eigenvalue weighted by molar-refractivity contribution is 5.80. The smallest absolute Gasteiger partial charge is 0.227 e. The van der Waals surface area contributed by atoms with Crippen LogP contribution in [0.4, 0.5) is 0 Å². The van der Waals surface area contributed by atoms with Crippen LogP contribution in [0.15, 0.2) is 0 Å². The van der Waals surface area contributed by atoms with E-state index in [2.05, 4.69) is 40.8 Å². The molecule has 4 rings (SSSR count). The number of hydrogen-bond donors (Lipinski definition) is 5. The number of amides is 1. The second-order valence-corrected chi connectivity index (χ2v) is 11.9. The van der Waals surface area contributed by atoms with Crippen molar-refractivity contribution in [3.8, 4) is 6.07 Å². The van der Waals surface area contributed by atoms with Gasteiger partial charge in [0.05, 0.1) is 36.4 Å². The lowest BCUT2D eigenvalue weighted by atomic mass is 9.69. The van der Waals surface area contributed by atoms with Crippen molar-refractivity contribution in [3.63, 3.8) is 0 Å². The zero-order valence-electron chi connectivity index (χ0n) is 22.4. The van der Waals surface area contributed by atoms with Crippen LogP contribution in [0.25, 0.3) is 0 Å². The van der Waals surface area contributed by atoms with E-state index in [4.69, 9.17) is 16.2 Å². The fourth-order valence-corrected chi connectivity index (χ4v) is 7.18. The van der Waals surface area contributed by atoms with Crippen molar-refractivity contribution in [2.45, 2.75) is 95.7 Å². The Labute approximate surface area is 217 Å². The Bertz CT molecular complexity index is 768. The molecular formula is C27H49N7O2. The first-order valence-corrected chi connectivity index (χ1v) is 14.4. The standard InChI is InChI=1S/C27H49N7O2/c1-3-27(4-2)9-5-18(6-10-28)14-32-20(13-27)24(25(29)30)26(35)33-21-15-31-11-7-22(21)36-23-17-34-12-8-19(23)16-34/h18-25,31-32H,3-9,11-17,29-30H2,1-2H3,(H,33,35). The van der Waals surface area contributed by atoms with Gasteiger partial charge in [-0.2, -0.15) is 5.26 Å². The second-order valence-electron chi connectivity index (χ2n) is 11.9. The predicted molar refractivity (Wildman–Crippen MR) is 141 cm³/mol. The van der Waals surface area contributed by atoms with Crippen LogP contribution in [-0.4, -0.2) is 80.5 Å². The molecule has 9 nitrogen and oxygen atoms in total. The number of ether oxygens (including phenoxy) is 1. The lowest BCUT2D eigenvalue weighted by Crippen LogP contribution is -2.62. The van der Waals surface area contributed by atoms with Gasteiger partial charge in [-0.15, -0.1) is 0 Å². The minimum Gasteiger partial charge on any atom is -0.371 e. The summed E-state index contributed by atoms with van der Waals surface area (Å²) in [5.74, 6) is 0.281. The van der Waals surface area contributed by atoms with Gasteiger partial charge in [0.25, 0.3) is 0 Å². The average Bonchev–Trinajstić information content (AvgIpc) is 3.48. The molecule has 0 aromatic rings. The molecule has 1 amide bonds. The third kappa shape index (κ3) is 6.40. The Kier molecular flexibility index (Phi) is 9.64. The average molecular weight is 504 g/mol. The van der Waals surface area contributed by atoms with Gasteiger partial charge >= 0.3 is 0 Å². The van der Waals surface area contributed by atoms with Gasteiger partial charge in [0.15, 0.2) is 0 Å². The number of rotatable bonds is 9. The molecule has 4 saturated heterocycles. The highest BCUT2D eigenvalue weighted by Crippen LogP contribution is 2.41. The highest BCUT2D eigenvalue weighted by Gasteiger charge is 2.43. The third-order valence-corrected chi connectivity index (χ3v) is 9.80. The van der Waals surface area contributed by atoms with E-state index in [1.54, 1.807) is 0 Å². The Morgan fingerprint density at radius 2 is 2.00 bits per heavy atom. The van der Waals surface area contributed by atoms with E-state index in [0.717, 1.165) is 58.2 Å². The Morgan fingerprint density at radius 3 is 2.64 bits per heavy atom. The molecule has 0 radical (unpaired) electrons. The van der Waals surface area contributed by atoms with Gasteiger partial charge in [-0.05, 0) is 63.1 Å². The van der Waals surface area contributed by atoms with Gasteiger partial charge in [-0.25, -0.2) is 0 Å². The van der Waals surface area contributed by atoms with E-state index in [1.807, 2.05) is 0 Å². The SMILES string of the molecule is CCC1(CC)CCC(CC#N)CNC(C(C(=O)NC2CNCCC2OC2CN3CCC2C3)C(N)N)C1. The number of hydrogen-bond acceptors (Lipinski definition) is 8. The molecule has 0 saturated carbocycles. The summed E-state index contributed by atoms with van der Waals surface area (Å²) in [6, 6.07) is 2.13. The summed E-state index contributed by atoms with van der Waals surface area (Å²) in [5.41, 5.74) is 12.7. The van der Waals surface area contributed by atoms with E-state index in [0.29, 0.717) is 25.4 Å². The molecule has 0 spiro atoms. The summed E-state index contributed by atoms with van der Waals surface area (Å²) in [6.07, 6.45) is 7.19. The van der Waals surface area contributed by atoms with Crippen molar-refractivity contribution in [2.24, 2.45) is 34.6 Å². The summed E-state index contributed by atoms with van der Waals surface area (Å²) in [5, 5.41) is 19.7. The van der Waals surface area contributed by atoms with Crippen LogP contribution in [0, 0.1) is 34.5 Å². The third-order valence-electron chi connectivity index (χ3n) is 9.80. The lowest BCUT2D eigenvalue weighted by Gasteiger charge is -2.43. The highest BCUT2D eigenvalue weighted by atomic mass is 16.5. The van der Waals surface area contributed by atoms with Gasteiger partial charge in [-0.3, -0.25) is 4.79 Å². The molecule has 4 aliphatic rings. The molecule has 4 fully saturated rings. The zero-order chi connectivity index (χ0) is 25.7. The van der Waals surface area contributed by atoms with Crippen molar-refractivity contribution < 1.29 is 9.53 Å². The van der Waals surface area contributed by atoms with Crippen LogP contribution in [0.2, 0.25) is 0 Å². The van der Waals surface area contributed by atoms with Crippen LogP contribution in [0.3, 0.4) is 0 Å². The fraction of sp³-hybridized carbons (Fsp3) is 0.926. The number of nitrogens with one attached hydrogen (secondary N) is 3. The molecule has 2 bridgehead atoms. The molecule has 9 heteroatoms. The monoisotopic (exact) mass is 503 g/mol. The predicted octanol–water partition coefficient (Wildman–Crippen LogP) is 0.892. The molecule has 4 aliphatic heterocycles. The first-order valence-electron chi connectivity index (χ1n) is 14.4. The maximum atomic E-state index is 13.8. The van der Waals surface area contributed by atoms with Gasteiger partial charge in [-0.1, -0.05) is 26.7 Å². The topological polar surface area (TPSA) is 141 Å². The molecule has 0 aromatic heterocycles. The van der Waals surface area contributed by atoms with Crippen molar-refractivity contribution in [2.75, 3.05) is 39.3 Å². The van der Waals surface area contributed by atoms with Crippen LogP contribution < -0.4 is 27.4 Å². The quantitative estimate of drug-likeness (QED) is 0.292. The van der Waals surface area contributed by atoms with Crippen LogP contribution in [-0.2, 0) is 9.53 Å². The summed E-state index contributed by atoms with van der Waals surface area (Å²) in [6.45, 7) is 10.1. The lowest BCUT2D eigenvalue weighted by molar-refractivity contribution is -0.130. The van der Waals surface area contributed by atoms with Gasteiger partial charge in [0, 0.05) is 38.0 Å². The fourth-order valence-electron chi connectivity index (χ4n) is 7.18. The summed E-state index contributed by atoms with van der Waals surface area (Å²) in [7, 11) is 0. The Hall–Kier alpha value is -1.28. The van der Waals surface area contributed by atoms with Gasteiger partial charge in [0.2, 0.25) is 5.91 Å². The number of nitrogens with zero attached hydrogens (tertiary/aromatic N) is 2. The van der Waals surface area contributed by atoms with Gasteiger partial charge < -0.3 is 37.1 Å². The van der Waals surface area contributed by atoms with Crippen LogP contribution >= 0.6 is 0 Å². The van der Waals surface area contributed by atoms with E-state index in [1.165, 1.54) is 13.0 Å². The normalized spacial score (nSPS) is 37.2. The number of nitrogens with two attached hydrogens (primary N) is 2. The molecule has 0 aromatic carbocycles. The Morgan fingerprint density at radius 1 is 1.19 bits per heavy atom. The maximum absolute atomic E-state index is 13.8. The number of piperidine rings is 2. The number of carbonyl (C=O) groups excluding carboxylic acids is 1. The molecule has 4 heterocycles. The minimum absolute atomic E-state index is 0.00563. The van der Waals surface area contributed by atoms with Crippen molar-refractivity contribution in [1.29, 1.82) is 5.26 Å². The molecule has 8 atom stereocenters. The summed E-state index contributed by atoms with van der Waals surface area (Å²) in [4.78, 5) is 16.3. The molecule has 8 unspecified atom stereocenters. The number of carbonyl (C=O) groups is 1. The zero-order valence-corrected chi connectivity index (χ0v) is 22.4. The minimum atomic E-state index is -0.767. The molecule has 7 N–H and O–H groups in total. The van der Waals surface area contributed by atoms with E-state index < -0.39 is 12.1 Å². The molecule has 36 heavy (non-hydrogen) atoms. The van der Waals surface area contributed by atoms with E-state index in [9.17, 15) is 10.1 Å².